The lowest BCUT2D eigenvalue weighted by atomic mass is 10.4. The van der Waals surface area contributed by atoms with Crippen LogP contribution in [0.5, 0.6) is 0 Å². The summed E-state index contributed by atoms with van der Waals surface area (Å²) < 4.78 is 11.5. The minimum absolute atomic E-state index is 0.0665. The quantitative estimate of drug-likeness (QED) is 0.331. The molecule has 0 aromatic carbocycles. The van der Waals surface area contributed by atoms with Gasteiger partial charge in [0.15, 0.2) is 0 Å². The smallest absolute Gasteiger partial charge is 0.326 e. The van der Waals surface area contributed by atoms with Gasteiger partial charge in [-0.1, -0.05) is 12.0 Å². The molecular formula is C14H22Cl2N4O3S4. The summed E-state index contributed by atoms with van der Waals surface area (Å²) >= 11 is 12.7. The van der Waals surface area contributed by atoms with Crippen LogP contribution in [0.15, 0.2) is 4.34 Å². The van der Waals surface area contributed by atoms with Crippen LogP contribution in [0, 0.1) is 0 Å². The Morgan fingerprint density at radius 1 is 1.30 bits per heavy atom. The van der Waals surface area contributed by atoms with E-state index in [-0.39, 0.29) is 6.03 Å². The molecule has 2 heterocycles. The van der Waals surface area contributed by atoms with Gasteiger partial charge in [-0.15, -0.1) is 28.6 Å². The Kier molecular flexibility index (Phi) is 12.4. The number of rotatable bonds is 6. The molecule has 0 saturated carbocycles. The molecule has 2 amide bonds. The Morgan fingerprint density at radius 3 is 2.37 bits per heavy atom. The van der Waals surface area contributed by atoms with Gasteiger partial charge in [0, 0.05) is 31.3 Å². The summed E-state index contributed by atoms with van der Waals surface area (Å²) in [5.74, 6) is 2.33. The molecule has 1 aromatic heterocycles. The van der Waals surface area contributed by atoms with Crippen molar-refractivity contribution in [2.75, 3.05) is 42.8 Å². The highest BCUT2D eigenvalue weighted by Gasteiger charge is 2.27. The average molecular weight is 494 g/mol. The molecule has 27 heavy (non-hydrogen) atoms. The zero-order valence-electron chi connectivity index (χ0n) is 15.2. The molecule has 0 radical (unpaired) electrons. The van der Waals surface area contributed by atoms with E-state index in [2.05, 4.69) is 33.4 Å². The first-order valence-electron chi connectivity index (χ1n) is 8.04. The predicted molar refractivity (Wildman–Crippen MR) is 118 cm³/mol. The Balaban J connectivity index is 0.000000828. The second-order valence-corrected chi connectivity index (χ2v) is 11.7. The molecule has 13 heteroatoms. The van der Waals surface area contributed by atoms with Crippen LogP contribution in [0.3, 0.4) is 0 Å². The van der Waals surface area contributed by atoms with E-state index in [1.807, 2.05) is 37.5 Å². The number of carbonyl (C=O) groups is 2. The molecule has 1 fully saturated rings. The topological polar surface area (TPSA) is 89.5 Å². The number of nitrogens with zero attached hydrogens (tertiary/aromatic N) is 4. The lowest BCUT2D eigenvalue weighted by Crippen LogP contribution is -2.44. The number of halogens is 2. The third-order valence-electron chi connectivity index (χ3n) is 3.20. The SMILES string of the molecule is CCCN(C(=O)N(C)CC1SCCCS1)c1nnc([S+](C)[O-])s1.O=C(Cl)Cl. The van der Waals surface area contributed by atoms with Crippen LogP contribution in [0.1, 0.15) is 19.8 Å². The maximum Gasteiger partial charge on any atom is 0.326 e. The molecule has 1 saturated heterocycles. The van der Waals surface area contributed by atoms with Crippen LogP contribution in [0.2, 0.25) is 0 Å². The van der Waals surface area contributed by atoms with E-state index in [1.165, 1.54) is 29.3 Å². The van der Waals surface area contributed by atoms with Gasteiger partial charge in [0.2, 0.25) is 5.13 Å². The van der Waals surface area contributed by atoms with Crippen LogP contribution < -0.4 is 4.90 Å². The summed E-state index contributed by atoms with van der Waals surface area (Å²) in [5.41, 5.74) is 0. The zero-order chi connectivity index (χ0) is 20.4. The molecule has 0 bridgehead atoms. The molecule has 1 aliphatic rings. The van der Waals surface area contributed by atoms with Crippen LogP contribution in [0.25, 0.3) is 0 Å². The van der Waals surface area contributed by atoms with Gasteiger partial charge in [0.05, 0.1) is 4.58 Å². The molecule has 2 rings (SSSR count). The molecule has 7 nitrogen and oxygen atoms in total. The minimum atomic E-state index is -1.17. The number of hydrogen-bond acceptors (Lipinski definition) is 8. The first-order valence-corrected chi connectivity index (χ1v) is 13.3. The predicted octanol–water partition coefficient (Wildman–Crippen LogP) is 4.32. The van der Waals surface area contributed by atoms with E-state index in [9.17, 15) is 9.35 Å². The molecule has 0 aliphatic carbocycles. The fourth-order valence-corrected chi connectivity index (χ4v) is 6.47. The van der Waals surface area contributed by atoms with Crippen molar-refractivity contribution in [3.8, 4) is 0 Å². The monoisotopic (exact) mass is 492 g/mol. The summed E-state index contributed by atoms with van der Waals surface area (Å²) in [4.78, 5) is 25.2. The fourth-order valence-electron chi connectivity index (χ4n) is 2.07. The Labute approximate surface area is 185 Å². The minimum Gasteiger partial charge on any atom is -0.610 e. The molecule has 1 aliphatic heterocycles. The first-order chi connectivity index (χ1) is 12.8. The Morgan fingerprint density at radius 2 is 1.89 bits per heavy atom. The number of urea groups is 1. The molecule has 0 spiro atoms. The van der Waals surface area contributed by atoms with E-state index in [1.54, 1.807) is 16.1 Å². The van der Waals surface area contributed by atoms with Crippen molar-refractivity contribution in [2.24, 2.45) is 0 Å². The largest absolute Gasteiger partial charge is 0.610 e. The van der Waals surface area contributed by atoms with Gasteiger partial charge in [0.25, 0.3) is 0 Å². The average Bonchev–Trinajstić information content (AvgIpc) is 3.09. The standard InChI is InChI=1S/C13H22N4O2S4.CCl2O/c1-4-6-17(11-14-15-12(22-11)23(3)19)13(18)16(2)9-10-20-7-5-8-21-10;2-1(3)4/h10H,4-9H2,1-3H3;. The third kappa shape index (κ3) is 9.42. The number of hydrogen-bond donors (Lipinski definition) is 0. The highest BCUT2D eigenvalue weighted by molar-refractivity contribution is 8.17. The first kappa shape index (κ1) is 25.1. The second-order valence-electron chi connectivity index (χ2n) is 5.37. The number of thioether (sulfide) groups is 2. The summed E-state index contributed by atoms with van der Waals surface area (Å²) in [6.45, 7) is 3.33. The second kappa shape index (κ2) is 13.3. The van der Waals surface area contributed by atoms with E-state index in [0.717, 1.165) is 13.0 Å². The highest BCUT2D eigenvalue weighted by atomic mass is 35.5. The van der Waals surface area contributed by atoms with Gasteiger partial charge in [-0.05, 0) is 58.9 Å². The molecule has 0 N–H and O–H groups in total. The van der Waals surface area contributed by atoms with Crippen molar-refractivity contribution in [2.45, 2.75) is 28.7 Å². The van der Waals surface area contributed by atoms with E-state index >= 15 is 0 Å². The van der Waals surface area contributed by atoms with E-state index in [0.29, 0.717) is 20.6 Å². The van der Waals surface area contributed by atoms with E-state index in [4.69, 9.17) is 4.79 Å². The van der Waals surface area contributed by atoms with Crippen LogP contribution >= 0.6 is 58.1 Å². The maximum absolute atomic E-state index is 12.8. The van der Waals surface area contributed by atoms with Crippen LogP contribution in [-0.4, -0.2) is 72.9 Å². The van der Waals surface area contributed by atoms with Crippen molar-refractivity contribution >= 4 is 85.1 Å². The summed E-state index contributed by atoms with van der Waals surface area (Å²) in [5, 5.41) is 8.50. The fraction of sp³-hybridized carbons (Fsp3) is 0.714. The normalized spacial score (nSPS) is 15.5. The number of aromatic nitrogens is 2. The summed E-state index contributed by atoms with van der Waals surface area (Å²) in [6.07, 6.45) is 3.64. The van der Waals surface area contributed by atoms with Crippen LogP contribution in [-0.2, 0) is 11.2 Å². The third-order valence-corrected chi connectivity index (χ3v) is 8.37. The highest BCUT2D eigenvalue weighted by Crippen LogP contribution is 2.31. The molecule has 154 valence electrons. The van der Waals surface area contributed by atoms with Gasteiger partial charge in [-0.3, -0.25) is 9.69 Å². The molecule has 1 atom stereocenters. The summed E-state index contributed by atoms with van der Waals surface area (Å²) in [7, 11) is 1.83. The van der Waals surface area contributed by atoms with Gasteiger partial charge < -0.3 is 9.45 Å². The molecule has 1 unspecified atom stereocenters. The Hall–Kier alpha value is 0.0900. The van der Waals surface area contributed by atoms with E-state index < -0.39 is 15.9 Å². The number of carbonyl (C=O) groups excluding carboxylic acids is 2. The van der Waals surface area contributed by atoms with Crippen LogP contribution in [0.4, 0.5) is 14.7 Å². The van der Waals surface area contributed by atoms with Crippen molar-refractivity contribution in [1.82, 2.24) is 15.1 Å². The number of anilines is 1. The van der Waals surface area contributed by atoms with Gasteiger partial charge in [-0.25, -0.2) is 4.79 Å². The van der Waals surface area contributed by atoms with Crippen molar-refractivity contribution in [1.29, 1.82) is 0 Å². The van der Waals surface area contributed by atoms with Crippen molar-refractivity contribution < 1.29 is 14.1 Å². The van der Waals surface area contributed by atoms with Crippen molar-refractivity contribution in [3.05, 3.63) is 0 Å². The molecule has 1 aromatic rings. The maximum atomic E-state index is 12.8. The molecular weight excluding hydrogens is 471 g/mol. The summed E-state index contributed by atoms with van der Waals surface area (Å²) in [6, 6.07) is -0.0665. The van der Waals surface area contributed by atoms with Gasteiger partial charge in [0.1, 0.15) is 6.26 Å². The van der Waals surface area contributed by atoms with Crippen molar-refractivity contribution in [3.63, 3.8) is 0 Å². The lowest BCUT2D eigenvalue weighted by Gasteiger charge is -2.29. The van der Waals surface area contributed by atoms with Gasteiger partial charge in [-0.2, -0.15) is 0 Å². The number of amides is 2. The lowest BCUT2D eigenvalue weighted by molar-refractivity contribution is 0.217. The Bertz CT molecular complexity index is 599. The zero-order valence-corrected chi connectivity index (χ0v) is 20.0. The van der Waals surface area contributed by atoms with Gasteiger partial charge >= 0.3 is 15.1 Å².